The van der Waals surface area contributed by atoms with Crippen LogP contribution in [-0.2, 0) is 19.1 Å². The lowest BCUT2D eigenvalue weighted by Crippen LogP contribution is -2.28. The van der Waals surface area contributed by atoms with Crippen LogP contribution < -0.4 is 0 Å². The van der Waals surface area contributed by atoms with Gasteiger partial charge in [0.25, 0.3) is 0 Å². The zero-order valence-corrected chi connectivity index (χ0v) is 28.9. The number of ether oxygens (including phenoxy) is 2. The molecule has 44 heavy (non-hydrogen) atoms. The fraction of sp³-hybridized carbons (Fsp3) is 0.795. The summed E-state index contributed by atoms with van der Waals surface area (Å²) < 4.78 is 10.6. The molecule has 0 unspecified atom stereocenters. The van der Waals surface area contributed by atoms with Crippen molar-refractivity contribution in [2.45, 2.75) is 187 Å². The molecule has 0 amide bonds. The summed E-state index contributed by atoms with van der Waals surface area (Å²) in [5.41, 5.74) is 0. The average Bonchev–Trinajstić information content (AvgIpc) is 3.02. The number of unbranched alkanes of at least 4 members (excludes halogenated alkanes) is 19. The maximum atomic E-state index is 12.1. The van der Waals surface area contributed by atoms with Crippen LogP contribution in [0.2, 0.25) is 0 Å². The van der Waals surface area contributed by atoms with E-state index in [2.05, 4.69) is 50.3 Å². The third-order valence-electron chi connectivity index (χ3n) is 7.91. The molecule has 0 aliphatic rings. The van der Waals surface area contributed by atoms with Crippen molar-refractivity contribution in [3.05, 3.63) is 36.5 Å². The molecule has 0 rings (SSSR count). The molecule has 0 aromatic carbocycles. The van der Waals surface area contributed by atoms with E-state index in [1.165, 1.54) is 89.9 Å². The van der Waals surface area contributed by atoms with Gasteiger partial charge in [-0.1, -0.05) is 134 Å². The van der Waals surface area contributed by atoms with Gasteiger partial charge in [-0.15, -0.1) is 0 Å². The smallest absolute Gasteiger partial charge is 0.306 e. The number of hydrogen-bond donors (Lipinski definition) is 1. The summed E-state index contributed by atoms with van der Waals surface area (Å²) in [5, 5.41) is 9.53. The molecule has 0 aliphatic carbocycles. The van der Waals surface area contributed by atoms with E-state index in [9.17, 15) is 14.7 Å². The van der Waals surface area contributed by atoms with Crippen molar-refractivity contribution in [1.82, 2.24) is 0 Å². The number of carbonyl (C=O) groups excluding carboxylic acids is 2. The van der Waals surface area contributed by atoms with Crippen molar-refractivity contribution in [1.29, 1.82) is 0 Å². The first-order valence-corrected chi connectivity index (χ1v) is 18.5. The van der Waals surface area contributed by atoms with Crippen molar-refractivity contribution < 1.29 is 24.2 Å². The molecule has 0 bridgehead atoms. The summed E-state index contributed by atoms with van der Waals surface area (Å²) in [5.74, 6) is -0.617. The van der Waals surface area contributed by atoms with E-state index >= 15 is 0 Å². The first-order valence-electron chi connectivity index (χ1n) is 18.5. The van der Waals surface area contributed by atoms with E-state index in [1.807, 2.05) is 0 Å². The predicted molar refractivity (Wildman–Crippen MR) is 187 cm³/mol. The largest absolute Gasteiger partial charge is 0.462 e. The molecule has 1 atom stereocenters. The molecule has 5 heteroatoms. The molecule has 0 aromatic heterocycles. The molecule has 0 saturated carbocycles. The summed E-state index contributed by atoms with van der Waals surface area (Å²) in [6, 6.07) is 0. The standard InChI is InChI=1S/C39H70O5/c1-3-5-7-9-11-13-15-17-19-21-23-25-27-29-31-33-38(41)43-36-37(35-40)44-39(42)34-32-30-28-26-24-22-20-18-16-14-12-10-8-6-4-2/h12,14,17-20,37,40H,3-11,13,15-16,21-36H2,1-2H3/b14-12-,19-17-,20-18-/t37-/m1/s1. The fourth-order valence-electron chi connectivity index (χ4n) is 5.05. The van der Waals surface area contributed by atoms with Crippen molar-refractivity contribution in [3.8, 4) is 0 Å². The number of allylic oxidation sites excluding steroid dienone is 6. The number of aliphatic hydroxyl groups is 1. The highest BCUT2D eigenvalue weighted by atomic mass is 16.6. The van der Waals surface area contributed by atoms with E-state index in [0.717, 1.165) is 64.2 Å². The predicted octanol–water partition coefficient (Wildman–Crippen LogP) is 11.3. The van der Waals surface area contributed by atoms with Gasteiger partial charge in [0.1, 0.15) is 6.61 Å². The van der Waals surface area contributed by atoms with Gasteiger partial charge in [0.2, 0.25) is 0 Å². The van der Waals surface area contributed by atoms with Crippen molar-refractivity contribution in [3.63, 3.8) is 0 Å². The van der Waals surface area contributed by atoms with Crippen LogP contribution in [0.25, 0.3) is 0 Å². The van der Waals surface area contributed by atoms with Crippen LogP contribution in [0.3, 0.4) is 0 Å². The summed E-state index contributed by atoms with van der Waals surface area (Å²) in [7, 11) is 0. The molecule has 1 N–H and O–H groups in total. The Balaban J connectivity index is 3.61. The van der Waals surface area contributed by atoms with Gasteiger partial charge < -0.3 is 14.6 Å². The zero-order chi connectivity index (χ0) is 32.2. The van der Waals surface area contributed by atoms with Crippen LogP contribution >= 0.6 is 0 Å². The summed E-state index contributed by atoms with van der Waals surface area (Å²) in [6.45, 7) is 4.08. The quantitative estimate of drug-likeness (QED) is 0.0450. The average molecular weight is 619 g/mol. The minimum absolute atomic E-state index is 0.0751. The van der Waals surface area contributed by atoms with Crippen LogP contribution in [0.4, 0.5) is 0 Å². The summed E-state index contributed by atoms with van der Waals surface area (Å²) in [4.78, 5) is 24.2. The maximum Gasteiger partial charge on any atom is 0.306 e. The monoisotopic (exact) mass is 619 g/mol. The molecular formula is C39H70O5. The van der Waals surface area contributed by atoms with Crippen molar-refractivity contribution in [2.24, 2.45) is 0 Å². The molecule has 0 aromatic rings. The second-order valence-corrected chi connectivity index (χ2v) is 12.3. The van der Waals surface area contributed by atoms with Crippen LogP contribution in [0, 0.1) is 0 Å². The second-order valence-electron chi connectivity index (χ2n) is 12.3. The van der Waals surface area contributed by atoms with E-state index < -0.39 is 6.10 Å². The molecule has 0 aliphatic heterocycles. The van der Waals surface area contributed by atoms with Crippen LogP contribution in [0.15, 0.2) is 36.5 Å². The second kappa shape index (κ2) is 35.6. The topological polar surface area (TPSA) is 72.8 Å². The Morgan fingerprint density at radius 1 is 0.523 bits per heavy atom. The number of aliphatic hydroxyl groups excluding tert-OH is 1. The molecular weight excluding hydrogens is 548 g/mol. The van der Waals surface area contributed by atoms with Crippen LogP contribution in [0.1, 0.15) is 181 Å². The maximum absolute atomic E-state index is 12.1. The third kappa shape index (κ3) is 33.0. The lowest BCUT2D eigenvalue weighted by molar-refractivity contribution is -0.161. The van der Waals surface area contributed by atoms with Gasteiger partial charge in [-0.2, -0.15) is 0 Å². The highest BCUT2D eigenvalue weighted by Crippen LogP contribution is 2.12. The van der Waals surface area contributed by atoms with Gasteiger partial charge >= 0.3 is 11.9 Å². The van der Waals surface area contributed by atoms with Gasteiger partial charge in [-0.25, -0.2) is 0 Å². The van der Waals surface area contributed by atoms with Crippen molar-refractivity contribution in [2.75, 3.05) is 13.2 Å². The molecule has 0 radical (unpaired) electrons. The van der Waals surface area contributed by atoms with Gasteiger partial charge in [0.05, 0.1) is 6.61 Å². The Kier molecular flexibility index (Phi) is 34.1. The van der Waals surface area contributed by atoms with Gasteiger partial charge in [0, 0.05) is 12.8 Å². The van der Waals surface area contributed by atoms with E-state index in [1.54, 1.807) is 0 Å². The van der Waals surface area contributed by atoms with Crippen LogP contribution in [0.5, 0.6) is 0 Å². The van der Waals surface area contributed by atoms with Gasteiger partial charge in [0.15, 0.2) is 6.10 Å². The lowest BCUT2D eigenvalue weighted by Gasteiger charge is -2.15. The SMILES string of the molecule is CCCCC/C=C\C/C=C\CCCCCCCC(=O)O[C@H](CO)COC(=O)CCCCCCC/C=C\CCCCCCCC. The Labute approximate surface area is 272 Å². The van der Waals surface area contributed by atoms with Gasteiger partial charge in [-0.05, 0) is 70.6 Å². The van der Waals surface area contributed by atoms with Crippen molar-refractivity contribution >= 4 is 11.9 Å². The van der Waals surface area contributed by atoms with E-state index in [4.69, 9.17) is 9.47 Å². The third-order valence-corrected chi connectivity index (χ3v) is 7.91. The lowest BCUT2D eigenvalue weighted by atomic mass is 10.1. The molecule has 256 valence electrons. The normalized spacial score (nSPS) is 12.5. The summed E-state index contributed by atoms with van der Waals surface area (Å²) in [6.07, 6.45) is 41.9. The molecule has 0 spiro atoms. The first-order chi connectivity index (χ1) is 21.6. The molecule has 0 saturated heterocycles. The Morgan fingerprint density at radius 3 is 1.41 bits per heavy atom. The summed E-state index contributed by atoms with van der Waals surface area (Å²) >= 11 is 0. The fourth-order valence-corrected chi connectivity index (χ4v) is 5.05. The number of hydrogen-bond acceptors (Lipinski definition) is 5. The Morgan fingerprint density at radius 2 is 0.909 bits per heavy atom. The zero-order valence-electron chi connectivity index (χ0n) is 28.9. The molecule has 0 fully saturated rings. The minimum atomic E-state index is -0.779. The highest BCUT2D eigenvalue weighted by Gasteiger charge is 2.16. The van der Waals surface area contributed by atoms with E-state index in [-0.39, 0.29) is 25.2 Å². The first kappa shape index (κ1) is 42.1. The van der Waals surface area contributed by atoms with Crippen LogP contribution in [-0.4, -0.2) is 36.4 Å². The van der Waals surface area contributed by atoms with Gasteiger partial charge in [-0.3, -0.25) is 9.59 Å². The molecule has 0 heterocycles. The Bertz CT molecular complexity index is 711. The molecule has 5 nitrogen and oxygen atoms in total. The number of carbonyl (C=O) groups is 2. The van der Waals surface area contributed by atoms with E-state index in [0.29, 0.717) is 12.8 Å². The Hall–Kier alpha value is -1.88. The minimum Gasteiger partial charge on any atom is -0.462 e. The highest BCUT2D eigenvalue weighted by molar-refractivity contribution is 5.70. The number of esters is 2. The number of rotatable bonds is 33.